The van der Waals surface area contributed by atoms with Crippen molar-refractivity contribution in [2.45, 2.75) is 45.2 Å². The average Bonchev–Trinajstić information content (AvgIpc) is 3.35. The van der Waals surface area contributed by atoms with Gasteiger partial charge in [0.2, 0.25) is 23.4 Å². The molecule has 1 fully saturated rings. The Balaban J connectivity index is 1.76. The molecule has 43 heavy (non-hydrogen) atoms. The molecule has 10 nitrogen and oxygen atoms in total. The fourth-order valence-electron chi connectivity index (χ4n) is 4.29. The van der Waals surface area contributed by atoms with Crippen molar-refractivity contribution in [2.75, 3.05) is 18.5 Å². The third-order valence-corrected chi connectivity index (χ3v) is 7.17. The molecule has 15 heteroatoms. The number of nitrogens with one attached hydrogen (secondary N) is 4. The first-order valence-corrected chi connectivity index (χ1v) is 14.0. The Bertz CT molecular complexity index is 1380. The molecule has 4 N–H and O–H groups in total. The highest BCUT2D eigenvalue weighted by Gasteiger charge is 2.34. The van der Waals surface area contributed by atoms with Gasteiger partial charge in [0, 0.05) is 23.0 Å². The van der Waals surface area contributed by atoms with E-state index >= 15 is 0 Å². The minimum atomic E-state index is -1.86. The van der Waals surface area contributed by atoms with Gasteiger partial charge in [-0.15, -0.1) is 0 Å². The highest BCUT2D eigenvalue weighted by atomic mass is 79.9. The number of hydrogen-bond donors (Lipinski definition) is 4. The highest BCUT2D eigenvalue weighted by molar-refractivity contribution is 9.10. The van der Waals surface area contributed by atoms with Gasteiger partial charge in [0.1, 0.15) is 12.6 Å². The van der Waals surface area contributed by atoms with Crippen LogP contribution in [0.3, 0.4) is 0 Å². The second-order valence-electron chi connectivity index (χ2n) is 10.2. The maximum absolute atomic E-state index is 14.0. The number of para-hydroxylation sites is 1. The van der Waals surface area contributed by atoms with Crippen molar-refractivity contribution in [3.63, 3.8) is 0 Å². The lowest BCUT2D eigenvalue weighted by atomic mass is 9.95. The van der Waals surface area contributed by atoms with Gasteiger partial charge in [0.25, 0.3) is 0 Å². The number of amides is 4. The van der Waals surface area contributed by atoms with Crippen molar-refractivity contribution in [1.29, 1.82) is 0 Å². The predicted octanol–water partition coefficient (Wildman–Crippen LogP) is 3.13. The smallest absolute Gasteiger partial charge is 0.313 e. The number of ether oxygens (including phenoxy) is 1. The molecular formula is C28H29BrF4N4O6. The van der Waals surface area contributed by atoms with E-state index in [1.807, 2.05) is 0 Å². The molecule has 0 bridgehead atoms. The molecule has 1 heterocycles. The van der Waals surface area contributed by atoms with E-state index in [-0.39, 0.29) is 24.8 Å². The van der Waals surface area contributed by atoms with Gasteiger partial charge in [-0.1, -0.05) is 26.0 Å². The van der Waals surface area contributed by atoms with Crippen LogP contribution in [0.25, 0.3) is 0 Å². The minimum absolute atomic E-state index is 0.0246. The predicted molar refractivity (Wildman–Crippen MR) is 149 cm³/mol. The summed E-state index contributed by atoms with van der Waals surface area (Å²) >= 11 is 3.24. The van der Waals surface area contributed by atoms with E-state index in [0.29, 0.717) is 23.1 Å². The molecule has 1 aliphatic rings. The SMILES string of the molecule is CC(C)C[C@H](NC(=O)C(=O)Nc1ccccc1Br)C(=O)N[C@@H](C[C@@H]1CCNC1=O)C(=O)COc1c(F)c(F)cc(F)c1F. The van der Waals surface area contributed by atoms with Crippen molar-refractivity contribution in [1.82, 2.24) is 16.0 Å². The normalized spacial score (nSPS) is 15.8. The standard InChI is InChI=1S/C28H29BrF4N4O6/c1-13(2)9-20(37-28(42)27(41)35-18-6-4-3-5-15(18)29)26(40)36-19(10-14-7-8-34-25(14)39)21(38)12-43-24-22(32)16(30)11-17(31)23(24)33/h3-6,11,13-14,19-20H,7-10,12H2,1-2H3,(H,34,39)(H,35,41)(H,36,40)(H,37,42)/t14-,19-,20-/m0/s1. The van der Waals surface area contributed by atoms with Gasteiger partial charge in [-0.25, -0.2) is 8.78 Å². The van der Waals surface area contributed by atoms with E-state index in [1.165, 1.54) is 0 Å². The highest BCUT2D eigenvalue weighted by Crippen LogP contribution is 2.27. The van der Waals surface area contributed by atoms with E-state index in [4.69, 9.17) is 4.74 Å². The van der Waals surface area contributed by atoms with Crippen LogP contribution in [0.1, 0.15) is 33.1 Å². The van der Waals surface area contributed by atoms with Crippen molar-refractivity contribution >= 4 is 51.0 Å². The fourth-order valence-corrected chi connectivity index (χ4v) is 4.67. The maximum Gasteiger partial charge on any atom is 0.313 e. The van der Waals surface area contributed by atoms with Crippen LogP contribution in [-0.4, -0.2) is 54.6 Å². The largest absolute Gasteiger partial charge is 0.479 e. The summed E-state index contributed by atoms with van der Waals surface area (Å²) in [7, 11) is 0. The molecule has 0 unspecified atom stereocenters. The molecule has 0 saturated carbocycles. The summed E-state index contributed by atoms with van der Waals surface area (Å²) in [4.78, 5) is 63.8. The first kappa shape index (κ1) is 33.5. The molecule has 1 aliphatic heterocycles. The van der Waals surface area contributed by atoms with Crippen LogP contribution >= 0.6 is 15.9 Å². The first-order chi connectivity index (χ1) is 20.3. The van der Waals surface area contributed by atoms with Crippen LogP contribution in [0.5, 0.6) is 5.75 Å². The summed E-state index contributed by atoms with van der Waals surface area (Å²) in [5.41, 5.74) is 0.305. The molecule has 0 aromatic heterocycles. The molecule has 3 rings (SSSR count). The zero-order valence-electron chi connectivity index (χ0n) is 23.1. The van der Waals surface area contributed by atoms with Crippen molar-refractivity contribution in [3.8, 4) is 5.75 Å². The van der Waals surface area contributed by atoms with Gasteiger partial charge in [-0.05, 0) is 53.2 Å². The molecule has 0 spiro atoms. The molecule has 0 aliphatic carbocycles. The Morgan fingerprint density at radius 1 is 1.00 bits per heavy atom. The van der Waals surface area contributed by atoms with Crippen molar-refractivity contribution < 1.29 is 46.3 Å². The lowest BCUT2D eigenvalue weighted by Gasteiger charge is -2.25. The monoisotopic (exact) mass is 672 g/mol. The molecule has 232 valence electrons. The van der Waals surface area contributed by atoms with Gasteiger partial charge in [-0.3, -0.25) is 24.0 Å². The summed E-state index contributed by atoms with van der Waals surface area (Å²) < 4.78 is 60.5. The van der Waals surface area contributed by atoms with Crippen molar-refractivity contribution in [3.05, 3.63) is 58.1 Å². The number of Topliss-reactive ketones (excluding diaryl/α,β-unsaturated/α-hetero) is 1. The van der Waals surface area contributed by atoms with Crippen LogP contribution < -0.4 is 26.0 Å². The Labute approximate surface area is 252 Å². The average molecular weight is 673 g/mol. The van der Waals surface area contributed by atoms with E-state index < -0.39 is 83.0 Å². The van der Waals surface area contributed by atoms with Crippen LogP contribution in [-0.2, 0) is 24.0 Å². The number of benzene rings is 2. The molecule has 3 atom stereocenters. The number of anilines is 1. The van der Waals surface area contributed by atoms with Crippen LogP contribution in [0.15, 0.2) is 34.8 Å². The van der Waals surface area contributed by atoms with E-state index in [1.54, 1.807) is 38.1 Å². The summed E-state index contributed by atoms with van der Waals surface area (Å²) in [6.07, 6.45) is 0.117. The maximum atomic E-state index is 14.0. The number of ketones is 1. The number of carbonyl (C=O) groups excluding carboxylic acids is 5. The topological polar surface area (TPSA) is 143 Å². The first-order valence-electron chi connectivity index (χ1n) is 13.2. The third kappa shape index (κ3) is 8.99. The molecule has 1 saturated heterocycles. The van der Waals surface area contributed by atoms with E-state index in [9.17, 15) is 41.5 Å². The van der Waals surface area contributed by atoms with Crippen LogP contribution in [0, 0.1) is 35.1 Å². The number of halogens is 5. The lowest BCUT2D eigenvalue weighted by Crippen LogP contribution is -2.54. The van der Waals surface area contributed by atoms with Gasteiger partial charge in [0.15, 0.2) is 23.2 Å². The fraction of sp³-hybridized carbons (Fsp3) is 0.393. The minimum Gasteiger partial charge on any atom is -0.479 e. The lowest BCUT2D eigenvalue weighted by molar-refractivity contribution is -0.138. The second-order valence-corrected chi connectivity index (χ2v) is 11.1. The zero-order chi connectivity index (χ0) is 31.8. The van der Waals surface area contributed by atoms with E-state index in [0.717, 1.165) is 0 Å². The molecule has 2 aromatic carbocycles. The molecule has 2 aromatic rings. The van der Waals surface area contributed by atoms with Gasteiger partial charge < -0.3 is 26.0 Å². The third-order valence-electron chi connectivity index (χ3n) is 6.48. The Morgan fingerprint density at radius 3 is 2.23 bits per heavy atom. The van der Waals surface area contributed by atoms with Gasteiger partial charge >= 0.3 is 11.8 Å². The van der Waals surface area contributed by atoms with Crippen molar-refractivity contribution in [2.24, 2.45) is 11.8 Å². The molecular weight excluding hydrogens is 644 g/mol. The summed E-state index contributed by atoms with van der Waals surface area (Å²) in [5.74, 6) is -14.0. The Kier molecular flexibility index (Phi) is 11.6. The quantitative estimate of drug-likeness (QED) is 0.155. The second kappa shape index (κ2) is 14.9. The van der Waals surface area contributed by atoms with Gasteiger partial charge in [-0.2, -0.15) is 8.78 Å². The van der Waals surface area contributed by atoms with Crippen LogP contribution in [0.2, 0.25) is 0 Å². The number of hydrogen-bond acceptors (Lipinski definition) is 6. The summed E-state index contributed by atoms with van der Waals surface area (Å²) in [6, 6.07) is 3.72. The van der Waals surface area contributed by atoms with E-state index in [2.05, 4.69) is 37.2 Å². The molecule has 4 amide bonds. The Morgan fingerprint density at radius 2 is 1.65 bits per heavy atom. The summed E-state index contributed by atoms with van der Waals surface area (Å²) in [5, 5.41) is 9.75. The number of rotatable bonds is 12. The zero-order valence-corrected chi connectivity index (χ0v) is 24.7. The molecule has 0 radical (unpaired) electrons. The van der Waals surface area contributed by atoms with Crippen LogP contribution in [0.4, 0.5) is 23.2 Å². The van der Waals surface area contributed by atoms with Gasteiger partial charge in [0.05, 0.1) is 11.7 Å². The number of carbonyl (C=O) groups is 5. The summed E-state index contributed by atoms with van der Waals surface area (Å²) in [6.45, 7) is 2.68. The Hall–Kier alpha value is -4.01.